The number of oxime groups is 1. The molecule has 6 aromatic carbocycles. The topological polar surface area (TPSA) is 374 Å². The minimum Gasteiger partial charge on any atom is -0.481 e. The zero-order valence-electron chi connectivity index (χ0n) is 83.5. The molecule has 2 aliphatic carbocycles. The van der Waals surface area contributed by atoms with Gasteiger partial charge in [0.2, 0.25) is 41.4 Å². The second kappa shape index (κ2) is 45.6. The van der Waals surface area contributed by atoms with Crippen LogP contribution >= 0.6 is 45.9 Å². The monoisotopic (exact) mass is 2020 g/mol. The highest BCUT2D eigenvalue weighted by Gasteiger charge is 2.50. The lowest BCUT2D eigenvalue weighted by atomic mass is 9.83. The van der Waals surface area contributed by atoms with Gasteiger partial charge in [0, 0.05) is 95.3 Å². The van der Waals surface area contributed by atoms with E-state index in [2.05, 4.69) is 101 Å². The maximum atomic E-state index is 14.3. The summed E-state index contributed by atoms with van der Waals surface area (Å²) >= 11 is 15.5. The van der Waals surface area contributed by atoms with Crippen LogP contribution in [0, 0.1) is 37.5 Å². The Morgan fingerprint density at radius 2 is 1.01 bits per heavy atom. The van der Waals surface area contributed by atoms with Gasteiger partial charge in [0.15, 0.2) is 11.9 Å². The number of nitrogens with zero attached hydrogens (tertiary/aromatic N) is 9. The number of thiazole rings is 1. The second-order valence-corrected chi connectivity index (χ2v) is 44.6. The van der Waals surface area contributed by atoms with Gasteiger partial charge in [0.25, 0.3) is 0 Å². The highest BCUT2D eigenvalue weighted by Crippen LogP contribution is 2.45. The van der Waals surface area contributed by atoms with E-state index >= 15 is 0 Å². The number of fused-ring (bicyclic) bond motifs is 6. The number of aliphatic hydroxyl groups excluding tert-OH is 2. The molecule has 7 aliphatic heterocycles. The SMILES string of the molecule is CC1=NOC2C1c1ccccc1C(c1ccc(Cl)cc1)=N[C@H]2CC(=O)NC1CC(OC2CCN(CC(=O)N[C@H](C(=O)N3C[C@H](O)C[C@H]3C(=O)N[C@@H](C)c3ccc(-c4sccc4C)cc3)C(C)(C)C)CC2)C1.Cc1ncsc1-c1ccc([C@H](C)NC(=O)[C@@H]2C[C@@H](O)CN2C(=O)[C@@H](NC(=O)CN2CCC(OC3CC(C)C3)CC2)C(C)(C)C)cc1.Cc1noc2c1-c1ccccc1C(c1ccc(Cl)cc1)=N[C@H]2CC(=O)O. The molecule has 10 heterocycles. The van der Waals surface area contributed by atoms with Crippen molar-refractivity contribution in [3.05, 3.63) is 234 Å². The highest BCUT2D eigenvalue weighted by atomic mass is 35.5. The van der Waals surface area contributed by atoms with Crippen LogP contribution in [-0.2, 0) is 52.7 Å². The van der Waals surface area contributed by atoms with Gasteiger partial charge in [-0.15, -0.1) is 22.7 Å². The fraction of sp³-hybridized carbons (Fsp3) is 0.482. The number of carbonyl (C=O) groups is 8. The number of aromatic nitrogens is 2. The Bertz CT molecular complexity index is 6150. The number of carbonyl (C=O) groups excluding carboxylic acids is 7. The summed E-state index contributed by atoms with van der Waals surface area (Å²) in [6.07, 6.45) is 5.88. The van der Waals surface area contributed by atoms with Gasteiger partial charge in [-0.2, -0.15) is 0 Å². The van der Waals surface area contributed by atoms with Crippen LogP contribution in [0.25, 0.3) is 32.0 Å². The first-order valence-corrected chi connectivity index (χ1v) is 52.4. The van der Waals surface area contributed by atoms with Crippen molar-refractivity contribution in [3.63, 3.8) is 0 Å². The van der Waals surface area contributed by atoms with Crippen molar-refractivity contribution in [3.8, 4) is 32.0 Å². The molecule has 9 aromatic rings. The minimum absolute atomic E-state index is 0.00268. The van der Waals surface area contributed by atoms with Crippen LogP contribution in [0.1, 0.15) is 232 Å². The molecule has 4 saturated heterocycles. The molecular formula is C110H132Cl2N14O15S2. The van der Waals surface area contributed by atoms with E-state index in [0.29, 0.717) is 40.7 Å². The third-order valence-corrected chi connectivity index (χ3v) is 31.4. The lowest BCUT2D eigenvalue weighted by molar-refractivity contribution is -0.144. The van der Waals surface area contributed by atoms with E-state index in [4.69, 9.17) is 52.0 Å². The molecule has 0 spiro atoms. The first-order valence-electron chi connectivity index (χ1n) is 49.9. The fourth-order valence-electron chi connectivity index (χ4n) is 20.9. The number of piperidine rings is 2. The van der Waals surface area contributed by atoms with Crippen molar-refractivity contribution in [2.24, 2.45) is 31.9 Å². The van der Waals surface area contributed by atoms with Crippen LogP contribution in [0.5, 0.6) is 0 Å². The van der Waals surface area contributed by atoms with Gasteiger partial charge in [0.05, 0.1) is 131 Å². The molecule has 8 N–H and O–H groups in total. The van der Waals surface area contributed by atoms with Crippen LogP contribution in [0.3, 0.4) is 0 Å². The van der Waals surface area contributed by atoms with Crippen molar-refractivity contribution >= 4 is 110 Å². The number of amides is 7. The Morgan fingerprint density at radius 3 is 1.48 bits per heavy atom. The van der Waals surface area contributed by atoms with Crippen LogP contribution in [-0.4, -0.2) is 241 Å². The van der Waals surface area contributed by atoms with E-state index in [0.717, 1.165) is 159 Å². The molecule has 3 aromatic heterocycles. The summed E-state index contributed by atoms with van der Waals surface area (Å²) in [5.74, 6) is -1.80. The Balaban J connectivity index is 0.000000173. The van der Waals surface area contributed by atoms with E-state index in [9.17, 15) is 53.7 Å². The first-order chi connectivity index (χ1) is 68.3. The predicted molar refractivity (Wildman–Crippen MR) is 555 cm³/mol. The molecule has 18 rings (SSSR count). The molecule has 6 fully saturated rings. The molecular weight excluding hydrogens is 1890 g/mol. The number of rotatable bonds is 27. The lowest BCUT2D eigenvalue weighted by Gasteiger charge is -2.40. The number of halogens is 2. The Hall–Kier alpha value is -11.2. The molecule has 758 valence electrons. The Kier molecular flexibility index (Phi) is 33.4. The van der Waals surface area contributed by atoms with Gasteiger partial charge in [-0.25, -0.2) is 4.98 Å². The fourth-order valence-corrected chi connectivity index (χ4v) is 22.9. The summed E-state index contributed by atoms with van der Waals surface area (Å²) in [6.45, 7) is 28.6. The summed E-state index contributed by atoms with van der Waals surface area (Å²) < 4.78 is 18.2. The van der Waals surface area contributed by atoms with E-state index in [1.54, 1.807) is 34.8 Å². The number of thiophene rings is 1. The Morgan fingerprint density at radius 1 is 0.531 bits per heavy atom. The second-order valence-electron chi connectivity index (χ2n) is 42.0. The van der Waals surface area contributed by atoms with E-state index in [1.807, 2.05) is 191 Å². The van der Waals surface area contributed by atoms with Crippen LogP contribution < -0.4 is 26.6 Å². The third-order valence-electron chi connectivity index (χ3n) is 28.8. The van der Waals surface area contributed by atoms with Crippen molar-refractivity contribution in [2.75, 3.05) is 52.4 Å². The largest absolute Gasteiger partial charge is 0.481 e. The van der Waals surface area contributed by atoms with Crippen LogP contribution in [0.2, 0.25) is 10.0 Å². The maximum Gasteiger partial charge on any atom is 0.306 e. The van der Waals surface area contributed by atoms with E-state index in [-0.39, 0.29) is 136 Å². The van der Waals surface area contributed by atoms with Crippen molar-refractivity contribution in [1.82, 2.24) is 56.3 Å². The van der Waals surface area contributed by atoms with Gasteiger partial charge in [-0.1, -0.05) is 203 Å². The standard InChI is InChI=1S/C55H66ClN7O7S.C35H51N5O5S.C20H15ClN2O3/c1-31-21-24-71-51(31)36-13-11-34(12-14-36)32(2)57-53(67)45-27-39(64)29-63(45)54(68)52(55(4,5)6)60-47(66)30-62-22-19-40(20-23-62)69-41-25-38(26-41)58-46(65)28-44-50-48(33(3)61-70-50)42-9-7-8-10-43(42)49(59-44)35-15-17-37(56)18-16-35;1-21-15-28(16-21)45-27-11-13-39(14-12-27)19-30(42)38-32(35(4,5)6)34(44)40-18-26(41)17-29(40)33(43)37-22(2)24-7-9-25(10-8-24)31-23(3)36-20-46-31;1-11-18-14-4-2-3-5-15(14)19(12-6-8-13(21)9-7-12)22-16(10-17(24)25)20(18)26-23-11/h7-18,21,24,32,38-41,44-45,48,50,52,64H,19-20,22-23,25-30H2,1-6H3,(H,57,67)(H,58,65)(H,60,66);7-10,20-22,26-29,32,41H,11-19H2,1-6H3,(H,37,43)(H,38,42);2-9,16H,10H2,1H3,(H,24,25)/t32-,38?,39+,41?,44-,45-,48?,50?,52+;21?,22-,26+,28?,29-,32+;16-/m000/s1. The molecule has 0 radical (unpaired) electrons. The number of aliphatic hydroxyl groups is 2. The number of aryl methyl sites for hydroxylation is 3. The number of β-amino-alcohol motifs (C(OH)–C–C–N with tert-alkyl or cyclic N) is 2. The summed E-state index contributed by atoms with van der Waals surface area (Å²) in [5.41, 5.74) is 16.4. The molecule has 33 heteroatoms. The number of hydrogen-bond donors (Lipinski definition) is 8. The van der Waals surface area contributed by atoms with Gasteiger partial charge in [-0.3, -0.25) is 58.1 Å². The van der Waals surface area contributed by atoms with Gasteiger partial charge in [0.1, 0.15) is 30.2 Å². The summed E-state index contributed by atoms with van der Waals surface area (Å²) in [5, 5.41) is 57.8. The number of carboxylic acid groups (broad SMARTS) is 1. The highest BCUT2D eigenvalue weighted by molar-refractivity contribution is 7.14. The van der Waals surface area contributed by atoms with Crippen LogP contribution in [0.4, 0.5) is 0 Å². The number of aliphatic imine (C=N–C) groups is 2. The number of hydrogen-bond acceptors (Lipinski definition) is 23. The van der Waals surface area contributed by atoms with E-state index in [1.165, 1.54) is 20.2 Å². The number of carboxylic acids is 1. The smallest absolute Gasteiger partial charge is 0.306 e. The quantitative estimate of drug-likeness (QED) is 0.0237. The molecule has 2 saturated carbocycles. The third kappa shape index (κ3) is 25.3. The summed E-state index contributed by atoms with van der Waals surface area (Å²) in [4.78, 5) is 137. The first kappa shape index (κ1) is 105. The summed E-state index contributed by atoms with van der Waals surface area (Å²) in [6, 6.07) is 44.0. The van der Waals surface area contributed by atoms with Gasteiger partial charge < -0.3 is 70.5 Å². The zero-order chi connectivity index (χ0) is 102. The van der Waals surface area contributed by atoms with Crippen molar-refractivity contribution < 1.29 is 72.5 Å². The number of likely N-dealkylation sites (tertiary alicyclic amines) is 4. The summed E-state index contributed by atoms with van der Waals surface area (Å²) in [7, 11) is 0. The van der Waals surface area contributed by atoms with Crippen LogP contribution in [0.15, 0.2) is 182 Å². The van der Waals surface area contributed by atoms with E-state index < -0.39 is 71.4 Å². The molecule has 7 amide bonds. The number of benzene rings is 6. The number of nitrogens with one attached hydrogen (secondary N) is 5. The molecule has 2 unspecified atom stereocenters. The predicted octanol–water partition coefficient (Wildman–Crippen LogP) is 16.1. The van der Waals surface area contributed by atoms with Gasteiger partial charge in [-0.05, 0) is 184 Å². The van der Waals surface area contributed by atoms with Crippen molar-refractivity contribution in [1.29, 1.82) is 0 Å². The van der Waals surface area contributed by atoms with Gasteiger partial charge >= 0.3 is 5.97 Å². The molecule has 12 atom stereocenters. The number of ether oxygens (including phenoxy) is 2. The average molecular weight is 2030 g/mol. The maximum absolute atomic E-state index is 14.3. The normalized spacial score (nSPS) is 23.6. The number of aliphatic carboxylic acids is 1. The molecule has 9 aliphatic rings. The molecule has 0 bridgehead atoms. The average Bonchev–Trinajstić information content (AvgIpc) is 1.61. The minimum atomic E-state index is -0.944. The lowest BCUT2D eigenvalue weighted by Crippen LogP contribution is -2.59. The zero-order valence-corrected chi connectivity index (χ0v) is 86.6. The Labute approximate surface area is 854 Å². The molecule has 143 heavy (non-hydrogen) atoms. The van der Waals surface area contributed by atoms with Crippen molar-refractivity contribution in [2.45, 2.75) is 270 Å². The molecule has 29 nitrogen and oxygen atoms in total.